The molecule has 1 amide bonds. The molecule has 2 atom stereocenters. The van der Waals surface area contributed by atoms with E-state index in [1.54, 1.807) is 0 Å². The van der Waals surface area contributed by atoms with Gasteiger partial charge < -0.3 is 10.4 Å². The largest absolute Gasteiger partial charge is 0.481 e. The quantitative estimate of drug-likeness (QED) is 0.813. The number of carboxylic acid groups (broad SMARTS) is 1. The maximum atomic E-state index is 12.2. The summed E-state index contributed by atoms with van der Waals surface area (Å²) < 4.78 is 0. The average Bonchev–Trinajstić information content (AvgIpc) is 2.89. The second-order valence-corrected chi connectivity index (χ2v) is 7.13. The first-order valence-electron chi connectivity index (χ1n) is 8.11. The Morgan fingerprint density at radius 1 is 1.05 bits per heavy atom. The minimum atomic E-state index is -0.732. The molecule has 112 valence electrons. The highest BCUT2D eigenvalue weighted by Crippen LogP contribution is 2.57. The van der Waals surface area contributed by atoms with Gasteiger partial charge in [-0.3, -0.25) is 9.59 Å². The second-order valence-electron chi connectivity index (χ2n) is 7.13. The fourth-order valence-electron chi connectivity index (χ4n) is 4.64. The molecule has 3 saturated carbocycles. The molecule has 3 rings (SSSR count). The van der Waals surface area contributed by atoms with Gasteiger partial charge in [0.15, 0.2) is 0 Å². The molecule has 0 aromatic rings. The molecule has 0 spiro atoms. The zero-order valence-electron chi connectivity index (χ0n) is 12.1. The highest BCUT2D eigenvalue weighted by atomic mass is 16.4. The third kappa shape index (κ3) is 2.70. The predicted octanol–water partition coefficient (Wildman–Crippen LogP) is 2.57. The summed E-state index contributed by atoms with van der Waals surface area (Å²) in [6.45, 7) is 0.564. The van der Waals surface area contributed by atoms with Gasteiger partial charge in [0.1, 0.15) is 0 Å². The second kappa shape index (κ2) is 5.38. The molecule has 0 aliphatic heterocycles. The summed E-state index contributed by atoms with van der Waals surface area (Å²) in [5.41, 5.74) is -0.191. The number of aliphatic carboxylic acids is 1. The fourth-order valence-corrected chi connectivity index (χ4v) is 4.64. The number of hydrogen-bond donors (Lipinski definition) is 2. The van der Waals surface area contributed by atoms with Gasteiger partial charge in [0, 0.05) is 12.5 Å². The van der Waals surface area contributed by atoms with Crippen molar-refractivity contribution in [3.63, 3.8) is 0 Å². The molecule has 4 nitrogen and oxygen atoms in total. The van der Waals surface area contributed by atoms with E-state index in [0.29, 0.717) is 18.4 Å². The van der Waals surface area contributed by atoms with Crippen molar-refractivity contribution in [1.29, 1.82) is 0 Å². The summed E-state index contributed by atoms with van der Waals surface area (Å²) >= 11 is 0. The Hall–Kier alpha value is -1.06. The molecule has 0 aromatic carbocycles. The van der Waals surface area contributed by atoms with Gasteiger partial charge in [-0.2, -0.15) is 0 Å². The van der Waals surface area contributed by atoms with Gasteiger partial charge >= 0.3 is 5.97 Å². The number of carbonyl (C=O) groups is 2. The lowest BCUT2D eigenvalue weighted by molar-refractivity contribution is -0.140. The number of nitrogens with one attached hydrogen (secondary N) is 1. The standard InChI is InChI=1S/C16H25NO3/c18-13(19)9-16(7-2-1-3-8-16)10-17-15(20)14-11-5-4-6-12(11)14/h11-12,14H,1-10H2,(H,17,20)(H,18,19). The summed E-state index contributed by atoms with van der Waals surface area (Å²) in [6.07, 6.45) is 9.17. The summed E-state index contributed by atoms with van der Waals surface area (Å²) in [6, 6.07) is 0. The van der Waals surface area contributed by atoms with Crippen molar-refractivity contribution in [3.05, 3.63) is 0 Å². The summed E-state index contributed by atoms with van der Waals surface area (Å²) in [5, 5.41) is 12.2. The lowest BCUT2D eigenvalue weighted by atomic mass is 9.71. The van der Waals surface area contributed by atoms with Crippen LogP contribution < -0.4 is 5.32 Å². The van der Waals surface area contributed by atoms with E-state index in [1.807, 2.05) is 0 Å². The first-order valence-corrected chi connectivity index (χ1v) is 8.11. The highest BCUT2D eigenvalue weighted by Gasteiger charge is 2.56. The Labute approximate surface area is 120 Å². The van der Waals surface area contributed by atoms with Crippen molar-refractivity contribution < 1.29 is 14.7 Å². The van der Waals surface area contributed by atoms with Crippen LogP contribution in [0.15, 0.2) is 0 Å². The molecule has 0 aromatic heterocycles. The van der Waals surface area contributed by atoms with E-state index in [9.17, 15) is 9.59 Å². The molecule has 3 aliphatic carbocycles. The van der Waals surface area contributed by atoms with Gasteiger partial charge in [0.25, 0.3) is 0 Å². The van der Waals surface area contributed by atoms with E-state index in [1.165, 1.54) is 25.7 Å². The van der Waals surface area contributed by atoms with E-state index < -0.39 is 5.97 Å². The van der Waals surface area contributed by atoms with Gasteiger partial charge in [-0.1, -0.05) is 25.7 Å². The molecule has 20 heavy (non-hydrogen) atoms. The molecule has 0 saturated heterocycles. The highest BCUT2D eigenvalue weighted by molar-refractivity contribution is 5.82. The van der Waals surface area contributed by atoms with Gasteiger partial charge in [-0.05, 0) is 42.9 Å². The van der Waals surface area contributed by atoms with Crippen molar-refractivity contribution in [2.75, 3.05) is 6.54 Å². The lowest BCUT2D eigenvalue weighted by Gasteiger charge is -2.36. The first-order chi connectivity index (χ1) is 9.61. The molecular weight excluding hydrogens is 254 g/mol. The van der Waals surface area contributed by atoms with Crippen LogP contribution in [0.2, 0.25) is 0 Å². The molecule has 0 heterocycles. The van der Waals surface area contributed by atoms with Crippen LogP contribution in [0.3, 0.4) is 0 Å². The first kappa shape index (κ1) is 13.9. The van der Waals surface area contributed by atoms with Gasteiger partial charge in [0.2, 0.25) is 5.91 Å². The Bertz CT molecular complexity index is 391. The molecule has 2 unspecified atom stereocenters. The topological polar surface area (TPSA) is 66.4 Å². The van der Waals surface area contributed by atoms with E-state index in [2.05, 4.69) is 5.32 Å². The number of rotatable bonds is 5. The zero-order valence-corrected chi connectivity index (χ0v) is 12.1. The van der Waals surface area contributed by atoms with Crippen LogP contribution in [-0.4, -0.2) is 23.5 Å². The monoisotopic (exact) mass is 279 g/mol. The number of carbonyl (C=O) groups excluding carboxylic acids is 1. The summed E-state index contributed by atoms with van der Waals surface area (Å²) in [7, 11) is 0. The summed E-state index contributed by atoms with van der Waals surface area (Å²) in [4.78, 5) is 23.3. The Balaban J connectivity index is 1.54. The van der Waals surface area contributed by atoms with Crippen LogP contribution in [0, 0.1) is 23.2 Å². The predicted molar refractivity (Wildman–Crippen MR) is 75.1 cm³/mol. The normalized spacial score (nSPS) is 34.3. The summed E-state index contributed by atoms with van der Waals surface area (Å²) in [5.74, 6) is 0.974. The molecule has 3 fully saturated rings. The number of fused-ring (bicyclic) bond motifs is 1. The van der Waals surface area contributed by atoms with Crippen LogP contribution in [0.25, 0.3) is 0 Å². The molecule has 3 aliphatic rings. The van der Waals surface area contributed by atoms with Gasteiger partial charge in [-0.15, -0.1) is 0 Å². The van der Waals surface area contributed by atoms with Crippen LogP contribution in [-0.2, 0) is 9.59 Å². The smallest absolute Gasteiger partial charge is 0.303 e. The molecule has 4 heteroatoms. The van der Waals surface area contributed by atoms with Crippen LogP contribution in [0.4, 0.5) is 0 Å². The van der Waals surface area contributed by atoms with Crippen molar-refractivity contribution in [2.45, 2.75) is 57.8 Å². The van der Waals surface area contributed by atoms with E-state index >= 15 is 0 Å². The van der Waals surface area contributed by atoms with Gasteiger partial charge in [-0.25, -0.2) is 0 Å². The maximum Gasteiger partial charge on any atom is 0.303 e. The Kier molecular flexibility index (Phi) is 3.74. The maximum absolute atomic E-state index is 12.2. The number of carboxylic acids is 1. The Morgan fingerprint density at radius 3 is 2.30 bits per heavy atom. The Morgan fingerprint density at radius 2 is 1.70 bits per heavy atom. The van der Waals surface area contributed by atoms with E-state index in [4.69, 9.17) is 5.11 Å². The molecule has 2 N–H and O–H groups in total. The minimum absolute atomic E-state index is 0.190. The average molecular weight is 279 g/mol. The van der Waals surface area contributed by atoms with Crippen molar-refractivity contribution >= 4 is 11.9 Å². The van der Waals surface area contributed by atoms with Crippen LogP contribution in [0.1, 0.15) is 57.8 Å². The zero-order chi connectivity index (χ0) is 14.2. The van der Waals surface area contributed by atoms with Crippen molar-refractivity contribution in [2.24, 2.45) is 23.2 Å². The van der Waals surface area contributed by atoms with Crippen LogP contribution >= 0.6 is 0 Å². The number of amides is 1. The minimum Gasteiger partial charge on any atom is -0.481 e. The molecule has 0 bridgehead atoms. The third-order valence-corrected chi connectivity index (χ3v) is 5.79. The van der Waals surface area contributed by atoms with Gasteiger partial charge in [0.05, 0.1) is 6.42 Å². The van der Waals surface area contributed by atoms with Crippen molar-refractivity contribution in [1.82, 2.24) is 5.32 Å². The van der Waals surface area contributed by atoms with E-state index in [0.717, 1.165) is 25.7 Å². The molecular formula is C16H25NO3. The SMILES string of the molecule is O=C(O)CC1(CNC(=O)C2C3CCCC32)CCCCC1. The number of hydrogen-bond acceptors (Lipinski definition) is 2. The third-order valence-electron chi connectivity index (χ3n) is 5.79. The van der Waals surface area contributed by atoms with Crippen LogP contribution in [0.5, 0.6) is 0 Å². The lowest BCUT2D eigenvalue weighted by Crippen LogP contribution is -2.41. The van der Waals surface area contributed by atoms with E-state index in [-0.39, 0.29) is 23.7 Å². The fraction of sp³-hybridized carbons (Fsp3) is 0.875. The van der Waals surface area contributed by atoms with Crippen molar-refractivity contribution in [3.8, 4) is 0 Å². The molecule has 0 radical (unpaired) electrons.